The van der Waals surface area contributed by atoms with Crippen molar-refractivity contribution in [2.75, 3.05) is 0 Å². The van der Waals surface area contributed by atoms with Crippen molar-refractivity contribution in [3.8, 4) is 0 Å². The molecular weight excluding hydrogens is 168 g/mol. The van der Waals surface area contributed by atoms with Crippen molar-refractivity contribution in [3.63, 3.8) is 0 Å². The topological polar surface area (TPSA) is 35.5 Å². The summed E-state index contributed by atoms with van der Waals surface area (Å²) in [4.78, 5) is 10.6. The van der Waals surface area contributed by atoms with Crippen LogP contribution in [0.4, 0.5) is 0 Å². The third-order valence-corrected chi connectivity index (χ3v) is 1.96. The summed E-state index contributed by atoms with van der Waals surface area (Å²) in [5.74, 6) is -0.655. The second kappa shape index (κ2) is 4.03. The first kappa shape index (κ1) is 10.4. The Balaban J connectivity index is 2.59. The first-order valence-corrected chi connectivity index (χ1v) is 4.49. The van der Waals surface area contributed by atoms with E-state index in [1.165, 1.54) is 0 Å². The van der Waals surface area contributed by atoms with E-state index in [1.807, 2.05) is 13.8 Å². The predicted molar refractivity (Wildman–Crippen MR) is 49.3 cm³/mol. The number of hydrogen-bond donors (Lipinski definition) is 0. The van der Waals surface area contributed by atoms with Gasteiger partial charge >= 0.3 is 0 Å². The molecule has 0 bridgehead atoms. The molecule has 1 aliphatic rings. The van der Waals surface area contributed by atoms with E-state index in [4.69, 9.17) is 9.47 Å². The van der Waals surface area contributed by atoms with Crippen molar-refractivity contribution in [1.82, 2.24) is 0 Å². The molecule has 2 atom stereocenters. The number of rotatable bonds is 3. The van der Waals surface area contributed by atoms with E-state index in [9.17, 15) is 4.79 Å². The fraction of sp³-hybridized carbons (Fsp3) is 0.700. The summed E-state index contributed by atoms with van der Waals surface area (Å²) in [7, 11) is 0. The highest BCUT2D eigenvalue weighted by molar-refractivity contribution is 5.56. The summed E-state index contributed by atoms with van der Waals surface area (Å²) in [5, 5.41) is 0. The average molecular weight is 184 g/mol. The maximum Gasteiger partial charge on any atom is 0.164 e. The molecule has 3 nitrogen and oxygen atoms in total. The molecule has 1 rings (SSSR count). The summed E-state index contributed by atoms with van der Waals surface area (Å²) in [6.45, 7) is 7.28. The van der Waals surface area contributed by atoms with Crippen molar-refractivity contribution in [3.05, 3.63) is 12.7 Å². The van der Waals surface area contributed by atoms with Gasteiger partial charge in [0.2, 0.25) is 0 Å². The van der Waals surface area contributed by atoms with Gasteiger partial charge in [-0.1, -0.05) is 6.08 Å². The van der Waals surface area contributed by atoms with Crippen LogP contribution in [-0.4, -0.2) is 24.3 Å². The normalized spacial score (nSPS) is 32.5. The summed E-state index contributed by atoms with van der Waals surface area (Å²) in [5.41, 5.74) is 0. The minimum atomic E-state index is -0.655. The summed E-state index contributed by atoms with van der Waals surface area (Å²) >= 11 is 0. The van der Waals surface area contributed by atoms with Gasteiger partial charge in [0, 0.05) is 6.42 Å². The van der Waals surface area contributed by atoms with E-state index >= 15 is 0 Å². The van der Waals surface area contributed by atoms with E-state index < -0.39 is 5.79 Å². The lowest BCUT2D eigenvalue weighted by molar-refractivity contribution is -0.290. The first-order valence-electron chi connectivity index (χ1n) is 4.49. The maximum atomic E-state index is 10.6. The van der Waals surface area contributed by atoms with Gasteiger partial charge in [-0.3, -0.25) is 0 Å². The number of carbonyl (C=O) groups is 1. The summed E-state index contributed by atoms with van der Waals surface area (Å²) in [6.07, 6.45) is 3.73. The van der Waals surface area contributed by atoms with Crippen LogP contribution < -0.4 is 0 Å². The predicted octanol–water partition coefficient (Wildman–Crippen LogP) is 1.67. The van der Waals surface area contributed by atoms with Gasteiger partial charge in [-0.2, -0.15) is 0 Å². The smallest absolute Gasteiger partial charge is 0.164 e. The molecule has 1 fully saturated rings. The van der Waals surface area contributed by atoms with Crippen LogP contribution in [0, 0.1) is 0 Å². The SMILES string of the molecule is C=CC[C@@H]1C[C@H](C=O)OC(C)(C)O1. The first-order chi connectivity index (χ1) is 6.07. The van der Waals surface area contributed by atoms with Crippen LogP contribution in [0.25, 0.3) is 0 Å². The molecule has 0 radical (unpaired) electrons. The summed E-state index contributed by atoms with van der Waals surface area (Å²) in [6, 6.07) is 0. The Morgan fingerprint density at radius 1 is 1.54 bits per heavy atom. The molecule has 1 heterocycles. The zero-order valence-electron chi connectivity index (χ0n) is 8.16. The van der Waals surface area contributed by atoms with Crippen molar-refractivity contribution in [1.29, 1.82) is 0 Å². The van der Waals surface area contributed by atoms with E-state index in [-0.39, 0.29) is 12.2 Å². The lowest BCUT2D eigenvalue weighted by atomic mass is 10.1. The van der Waals surface area contributed by atoms with Gasteiger partial charge in [0.25, 0.3) is 0 Å². The zero-order chi connectivity index (χ0) is 9.90. The van der Waals surface area contributed by atoms with Crippen LogP contribution in [0.3, 0.4) is 0 Å². The van der Waals surface area contributed by atoms with Crippen LogP contribution in [0.2, 0.25) is 0 Å². The highest BCUT2D eigenvalue weighted by Crippen LogP contribution is 2.27. The Morgan fingerprint density at radius 2 is 2.23 bits per heavy atom. The molecule has 0 saturated carbocycles. The van der Waals surface area contributed by atoms with Crippen molar-refractivity contribution in [2.45, 2.75) is 44.7 Å². The molecule has 0 N–H and O–H groups in total. The van der Waals surface area contributed by atoms with Crippen LogP contribution in [0.1, 0.15) is 26.7 Å². The lowest BCUT2D eigenvalue weighted by Crippen LogP contribution is -2.45. The maximum absolute atomic E-state index is 10.6. The van der Waals surface area contributed by atoms with Crippen molar-refractivity contribution in [2.24, 2.45) is 0 Å². The molecule has 0 amide bonds. The third kappa shape index (κ3) is 2.94. The van der Waals surface area contributed by atoms with Crippen LogP contribution in [0.5, 0.6) is 0 Å². The minimum Gasteiger partial charge on any atom is -0.347 e. The second-order valence-electron chi connectivity index (χ2n) is 3.69. The molecule has 0 spiro atoms. The highest BCUT2D eigenvalue weighted by Gasteiger charge is 2.34. The standard InChI is InChI=1S/C10H16O3/c1-4-5-8-6-9(7-11)13-10(2,3)12-8/h4,7-9H,1,5-6H2,2-3H3/t8-,9-/m1/s1. The van der Waals surface area contributed by atoms with E-state index in [0.717, 1.165) is 12.7 Å². The zero-order valence-corrected chi connectivity index (χ0v) is 8.16. The fourth-order valence-corrected chi connectivity index (χ4v) is 1.56. The van der Waals surface area contributed by atoms with Crippen LogP contribution >= 0.6 is 0 Å². The molecule has 0 aliphatic carbocycles. The van der Waals surface area contributed by atoms with Gasteiger partial charge < -0.3 is 14.3 Å². The molecule has 13 heavy (non-hydrogen) atoms. The molecule has 0 aromatic carbocycles. The van der Waals surface area contributed by atoms with E-state index in [1.54, 1.807) is 6.08 Å². The molecule has 1 saturated heterocycles. The van der Waals surface area contributed by atoms with Gasteiger partial charge in [0.1, 0.15) is 12.4 Å². The Kier molecular flexibility index (Phi) is 3.22. The van der Waals surface area contributed by atoms with Crippen molar-refractivity contribution < 1.29 is 14.3 Å². The highest BCUT2D eigenvalue weighted by atomic mass is 16.7. The molecule has 74 valence electrons. The largest absolute Gasteiger partial charge is 0.347 e. The Bertz CT molecular complexity index is 198. The number of aldehydes is 1. The number of carbonyl (C=O) groups excluding carboxylic acids is 1. The fourth-order valence-electron chi connectivity index (χ4n) is 1.56. The minimum absolute atomic E-state index is 0.0523. The molecule has 0 unspecified atom stereocenters. The van der Waals surface area contributed by atoms with Gasteiger partial charge in [-0.15, -0.1) is 6.58 Å². The van der Waals surface area contributed by atoms with Crippen LogP contribution in [-0.2, 0) is 14.3 Å². The lowest BCUT2D eigenvalue weighted by Gasteiger charge is -2.38. The second-order valence-corrected chi connectivity index (χ2v) is 3.69. The van der Waals surface area contributed by atoms with Gasteiger partial charge in [0.05, 0.1) is 6.10 Å². The molecule has 0 aromatic heterocycles. The van der Waals surface area contributed by atoms with Gasteiger partial charge in [-0.25, -0.2) is 0 Å². The number of hydrogen-bond acceptors (Lipinski definition) is 3. The van der Waals surface area contributed by atoms with Gasteiger partial charge in [-0.05, 0) is 20.3 Å². The monoisotopic (exact) mass is 184 g/mol. The van der Waals surface area contributed by atoms with E-state index in [0.29, 0.717) is 6.42 Å². The quantitative estimate of drug-likeness (QED) is 0.494. The average Bonchev–Trinajstić information content (AvgIpc) is 2.02. The Labute approximate surface area is 78.7 Å². The third-order valence-electron chi connectivity index (χ3n) is 1.96. The van der Waals surface area contributed by atoms with Gasteiger partial charge in [0.15, 0.2) is 5.79 Å². The van der Waals surface area contributed by atoms with Crippen molar-refractivity contribution >= 4 is 6.29 Å². The summed E-state index contributed by atoms with van der Waals surface area (Å²) < 4.78 is 11.0. The molecule has 3 heteroatoms. The Morgan fingerprint density at radius 3 is 2.77 bits per heavy atom. The molecular formula is C10H16O3. The number of ether oxygens (including phenoxy) is 2. The molecule has 0 aromatic rings. The van der Waals surface area contributed by atoms with Crippen LogP contribution in [0.15, 0.2) is 12.7 Å². The molecule has 1 aliphatic heterocycles. The van der Waals surface area contributed by atoms with E-state index in [2.05, 4.69) is 6.58 Å². The Hall–Kier alpha value is -0.670.